The van der Waals surface area contributed by atoms with Gasteiger partial charge in [-0.1, -0.05) is 17.7 Å². The van der Waals surface area contributed by atoms with Crippen molar-refractivity contribution in [3.05, 3.63) is 116 Å². The van der Waals surface area contributed by atoms with E-state index in [2.05, 4.69) is 25.3 Å². The van der Waals surface area contributed by atoms with Crippen LogP contribution in [0.25, 0.3) is 38.8 Å². The van der Waals surface area contributed by atoms with Crippen LogP contribution in [0.4, 0.5) is 54.1 Å². The predicted octanol–water partition coefficient (Wildman–Crippen LogP) is 8.61. The summed E-state index contributed by atoms with van der Waals surface area (Å²) in [5.74, 6) is -14.5. The fraction of sp³-hybridized carbons (Fsp3) is 0.349. The monoisotopic (exact) mass is 1030 g/mol. The van der Waals surface area contributed by atoms with Crippen LogP contribution in [-0.2, 0) is 46.8 Å². The number of carbonyl (C=O) groups is 1. The second-order valence-corrected chi connectivity index (χ2v) is 19.0. The molecule has 14 nitrogen and oxygen atoms in total. The smallest absolute Gasteiger partial charge is 0.326 e. The van der Waals surface area contributed by atoms with Gasteiger partial charge in [-0.2, -0.15) is 32.9 Å². The molecule has 2 N–H and O–H groups in total. The van der Waals surface area contributed by atoms with Crippen LogP contribution in [-0.4, -0.2) is 78.5 Å². The third kappa shape index (κ3) is 8.94. The van der Waals surface area contributed by atoms with Crippen molar-refractivity contribution in [1.82, 2.24) is 44.2 Å². The normalized spacial score (nSPS) is 16.9. The quantitative estimate of drug-likeness (QED) is 0.0857. The van der Waals surface area contributed by atoms with Gasteiger partial charge in [0.2, 0.25) is 15.9 Å². The molecular formula is C43H34ClF11N10O4S. The Labute approximate surface area is 392 Å². The average molecular weight is 1030 g/mol. The van der Waals surface area contributed by atoms with Crippen LogP contribution in [0.5, 0.6) is 0 Å². The number of halogens is 12. The molecule has 2 aliphatic rings. The zero-order chi connectivity index (χ0) is 50.4. The molecule has 3 aromatic carbocycles. The summed E-state index contributed by atoms with van der Waals surface area (Å²) in [6.45, 7) is -3.77. The minimum absolute atomic E-state index is 0.0639. The number of alkyl halides is 9. The van der Waals surface area contributed by atoms with Crippen LogP contribution in [0, 0.1) is 17.6 Å². The maximum Gasteiger partial charge on any atom is 0.326 e. The summed E-state index contributed by atoms with van der Waals surface area (Å²) in [5, 5.41) is 14.1. The molecule has 0 unspecified atom stereocenters. The number of fused-ring (bicyclic) bond motifs is 5. The molecule has 3 atom stereocenters. The van der Waals surface area contributed by atoms with Gasteiger partial charge in [0.05, 0.1) is 57.2 Å². The van der Waals surface area contributed by atoms with E-state index in [1.54, 1.807) is 0 Å². The molecule has 0 aliphatic heterocycles. The molecule has 4 heterocycles. The van der Waals surface area contributed by atoms with Gasteiger partial charge in [0.25, 0.3) is 17.9 Å². The van der Waals surface area contributed by atoms with Crippen molar-refractivity contribution in [2.75, 3.05) is 17.7 Å². The Morgan fingerprint density at radius 1 is 0.986 bits per heavy atom. The van der Waals surface area contributed by atoms with Gasteiger partial charge in [0.1, 0.15) is 41.9 Å². The molecule has 0 radical (unpaired) electrons. The van der Waals surface area contributed by atoms with E-state index in [0.717, 1.165) is 33.8 Å². The van der Waals surface area contributed by atoms with Crippen LogP contribution < -0.4 is 15.6 Å². The average Bonchev–Trinajstić information content (AvgIpc) is 3.47. The molecule has 0 bridgehead atoms. The Balaban J connectivity index is 1.26. The Kier molecular flexibility index (Phi) is 12.2. The van der Waals surface area contributed by atoms with E-state index in [1.165, 1.54) is 36.4 Å². The lowest BCUT2D eigenvalue weighted by atomic mass is 10.0. The van der Waals surface area contributed by atoms with E-state index in [4.69, 9.17) is 16.6 Å². The first-order valence-corrected chi connectivity index (χ1v) is 23.2. The number of rotatable bonds is 17. The number of benzene rings is 3. The number of sulfonamides is 1. The summed E-state index contributed by atoms with van der Waals surface area (Å²) >= 11 is 6.65. The summed E-state index contributed by atoms with van der Waals surface area (Å²) in [5.41, 5.74) is -3.84. The molecule has 27 heteroatoms. The lowest BCUT2D eigenvalue weighted by Gasteiger charge is -2.24. The van der Waals surface area contributed by atoms with Crippen molar-refractivity contribution in [3.63, 3.8) is 0 Å². The molecule has 0 saturated heterocycles. The van der Waals surface area contributed by atoms with E-state index >= 15 is 13.6 Å². The number of hydrogen-bond donors (Lipinski definition) is 2. The van der Waals surface area contributed by atoms with E-state index in [0.29, 0.717) is 15.4 Å². The molecule has 70 heavy (non-hydrogen) atoms. The second-order valence-electron chi connectivity index (χ2n) is 16.9. The molecule has 7 aromatic rings. The van der Waals surface area contributed by atoms with Crippen LogP contribution in [0.2, 0.25) is 5.02 Å². The van der Waals surface area contributed by atoms with Gasteiger partial charge >= 0.3 is 12.3 Å². The maximum absolute atomic E-state index is 15.6. The first-order valence-electron chi connectivity index (χ1n) is 21.0. The van der Waals surface area contributed by atoms with Gasteiger partial charge in [-0.25, -0.2) is 39.7 Å². The molecule has 2 aliphatic carbocycles. The zero-order valence-electron chi connectivity index (χ0n) is 35.8. The minimum atomic E-state index is -4.46. The lowest BCUT2D eigenvalue weighted by Crippen LogP contribution is -2.38. The fourth-order valence-corrected chi connectivity index (χ4v) is 9.64. The van der Waals surface area contributed by atoms with Crippen LogP contribution in [0.3, 0.4) is 0 Å². The van der Waals surface area contributed by atoms with Gasteiger partial charge < -0.3 is 5.32 Å². The van der Waals surface area contributed by atoms with Crippen LogP contribution >= 0.6 is 11.6 Å². The SMILES string of the molecule is CS(=O)(=O)Nc1nn(CCCF)c2c(-n3c([C@H](Cc4cc(F)cc(F)c4)NC(=O)Cn4nc(C(F)F)c5c4C(F)(F)[C@@H]4C[C@H]54)nc4cc(-c5ccn(CC(F)(F)C(F)F)n5)ccc4c3=O)ccc(Cl)c12. The third-order valence-electron chi connectivity index (χ3n) is 11.8. The van der Waals surface area contributed by atoms with Crippen LogP contribution in [0.15, 0.2) is 65.6 Å². The lowest BCUT2D eigenvalue weighted by molar-refractivity contribution is -0.139. The third-order valence-corrected chi connectivity index (χ3v) is 12.7. The van der Waals surface area contributed by atoms with Crippen molar-refractivity contribution in [2.24, 2.45) is 5.92 Å². The Morgan fingerprint density at radius 2 is 1.71 bits per heavy atom. The van der Waals surface area contributed by atoms with E-state index < -0.39 is 119 Å². The predicted molar refractivity (Wildman–Crippen MR) is 230 cm³/mol. The number of aromatic nitrogens is 8. The summed E-state index contributed by atoms with van der Waals surface area (Å²) in [6, 6.07) is 8.04. The Bertz CT molecular complexity index is 3400. The van der Waals surface area contributed by atoms with Gasteiger partial charge in [-0.3, -0.25) is 37.3 Å². The molecule has 1 saturated carbocycles. The number of hydrogen-bond acceptors (Lipinski definition) is 8. The molecule has 4 aromatic heterocycles. The van der Waals surface area contributed by atoms with Crippen molar-refractivity contribution in [3.8, 4) is 16.9 Å². The van der Waals surface area contributed by atoms with Crippen LogP contribution in [0.1, 0.15) is 59.6 Å². The standard InChI is InChI=1S/C43H34ClF11N10O4S/c1-70(68,69)61-38-33-26(44)5-6-30(35(33)63(60-38)9-2-8-45)65-39(57-28-14-20(3-4-23(28)40(65)67)27-7-10-62(58-27)18-42(52,53)41(50)51)29(13-19-11-21(46)15-22(47)12-19)56-31(66)17-64-36-32(34(59-64)37(48)49)24-16-25(24)43(36,54)55/h3-7,10-12,14-15,24-25,29,37,41H,2,8-9,13,16-18H2,1H3,(H,56,66)(H,60,61)/t24-,25+,29-/m0/s1. The Morgan fingerprint density at radius 3 is 2.39 bits per heavy atom. The molecule has 1 fully saturated rings. The number of nitrogens with one attached hydrogen (secondary N) is 2. The van der Waals surface area contributed by atoms with Crippen molar-refractivity contribution < 1.29 is 61.5 Å². The highest BCUT2D eigenvalue weighted by molar-refractivity contribution is 7.92. The highest BCUT2D eigenvalue weighted by atomic mass is 35.5. The molecule has 0 spiro atoms. The first-order chi connectivity index (χ1) is 32.9. The highest BCUT2D eigenvalue weighted by Crippen LogP contribution is 2.68. The Hall–Kier alpha value is -6.57. The van der Waals surface area contributed by atoms with E-state index in [1.807, 2.05) is 0 Å². The minimum Gasteiger partial charge on any atom is -0.344 e. The number of aryl methyl sites for hydroxylation is 1. The molecule has 9 rings (SSSR count). The van der Waals surface area contributed by atoms with Crippen molar-refractivity contribution in [2.45, 2.75) is 75.6 Å². The topological polar surface area (TPSA) is 164 Å². The fourth-order valence-electron chi connectivity index (χ4n) is 8.90. The van der Waals surface area contributed by atoms with E-state index in [-0.39, 0.29) is 80.1 Å². The largest absolute Gasteiger partial charge is 0.344 e. The number of amides is 1. The van der Waals surface area contributed by atoms with Gasteiger partial charge in [0.15, 0.2) is 5.82 Å². The number of anilines is 1. The highest BCUT2D eigenvalue weighted by Gasteiger charge is 2.67. The van der Waals surface area contributed by atoms with Gasteiger partial charge in [-0.15, -0.1) is 0 Å². The van der Waals surface area contributed by atoms with Gasteiger partial charge in [-0.05, 0) is 66.8 Å². The number of carbonyl (C=O) groups excluding carboxylic acids is 1. The van der Waals surface area contributed by atoms with Gasteiger partial charge in [0, 0.05) is 42.3 Å². The molecular weight excluding hydrogens is 997 g/mol. The molecule has 370 valence electrons. The summed E-state index contributed by atoms with van der Waals surface area (Å²) in [7, 11) is -4.08. The van der Waals surface area contributed by atoms with Crippen molar-refractivity contribution in [1.29, 1.82) is 0 Å². The number of nitrogens with zero attached hydrogens (tertiary/aromatic N) is 8. The van der Waals surface area contributed by atoms with E-state index in [9.17, 15) is 52.7 Å². The summed E-state index contributed by atoms with van der Waals surface area (Å²) in [4.78, 5) is 34.1. The zero-order valence-corrected chi connectivity index (χ0v) is 37.3. The maximum atomic E-state index is 15.6. The first kappa shape index (κ1) is 48.5. The molecule has 1 amide bonds. The van der Waals surface area contributed by atoms with Crippen molar-refractivity contribution >= 4 is 55.2 Å². The summed E-state index contributed by atoms with van der Waals surface area (Å²) in [6.07, 6.45) is -6.42. The second kappa shape index (κ2) is 17.7. The summed E-state index contributed by atoms with van der Waals surface area (Å²) < 4.78 is 187.